The standard InChI is InChI=1S/C28H28N2O3/c1-18(2)17-33-23-14-12-21(13-15-23)25-26(29-24-11-6-5-9-20(24)4)28(32)30(27(25)31)22-10-7-8-19(3)16-22/h5-16,18,29H,17H2,1-4H3. The second kappa shape index (κ2) is 9.33. The minimum atomic E-state index is -0.371. The summed E-state index contributed by atoms with van der Waals surface area (Å²) in [7, 11) is 0. The summed E-state index contributed by atoms with van der Waals surface area (Å²) in [5.74, 6) is 0.421. The fourth-order valence-corrected chi connectivity index (χ4v) is 3.74. The fraction of sp³-hybridized carbons (Fsp3) is 0.214. The molecule has 0 spiro atoms. The number of amides is 2. The van der Waals surface area contributed by atoms with Gasteiger partial charge in [-0.05, 0) is 66.8 Å². The normalized spacial score (nSPS) is 13.8. The maximum Gasteiger partial charge on any atom is 0.282 e. The molecule has 0 aliphatic carbocycles. The van der Waals surface area contributed by atoms with E-state index in [0.29, 0.717) is 29.3 Å². The lowest BCUT2D eigenvalue weighted by Gasteiger charge is -2.16. The van der Waals surface area contributed by atoms with Crippen molar-refractivity contribution in [2.75, 3.05) is 16.8 Å². The van der Waals surface area contributed by atoms with Gasteiger partial charge in [0.15, 0.2) is 0 Å². The summed E-state index contributed by atoms with van der Waals surface area (Å²) in [6, 6.07) is 22.4. The van der Waals surface area contributed by atoms with E-state index in [1.807, 2.05) is 80.6 Å². The first-order valence-corrected chi connectivity index (χ1v) is 11.1. The van der Waals surface area contributed by atoms with Gasteiger partial charge in [-0.1, -0.05) is 56.3 Å². The summed E-state index contributed by atoms with van der Waals surface area (Å²) in [6.07, 6.45) is 0. The van der Waals surface area contributed by atoms with Crippen LogP contribution >= 0.6 is 0 Å². The van der Waals surface area contributed by atoms with Crippen molar-refractivity contribution in [1.82, 2.24) is 0 Å². The summed E-state index contributed by atoms with van der Waals surface area (Å²) in [5, 5.41) is 3.24. The van der Waals surface area contributed by atoms with Crippen LogP contribution in [0.5, 0.6) is 5.75 Å². The van der Waals surface area contributed by atoms with E-state index in [2.05, 4.69) is 19.2 Å². The molecule has 1 N–H and O–H groups in total. The van der Waals surface area contributed by atoms with Crippen LogP contribution in [0.15, 0.2) is 78.5 Å². The van der Waals surface area contributed by atoms with E-state index in [9.17, 15) is 9.59 Å². The Kier molecular flexibility index (Phi) is 6.31. The summed E-state index contributed by atoms with van der Waals surface area (Å²) in [4.78, 5) is 28.4. The van der Waals surface area contributed by atoms with Crippen molar-refractivity contribution in [2.24, 2.45) is 5.92 Å². The van der Waals surface area contributed by atoms with Crippen molar-refractivity contribution in [3.8, 4) is 5.75 Å². The van der Waals surface area contributed by atoms with Gasteiger partial charge in [0, 0.05) is 5.69 Å². The van der Waals surface area contributed by atoms with Crippen molar-refractivity contribution in [3.63, 3.8) is 0 Å². The zero-order valence-electron chi connectivity index (χ0n) is 19.4. The molecule has 0 radical (unpaired) electrons. The molecular formula is C28H28N2O3. The van der Waals surface area contributed by atoms with Crippen LogP contribution in [0.3, 0.4) is 0 Å². The molecule has 0 saturated heterocycles. The minimum absolute atomic E-state index is 0.270. The number of aryl methyl sites for hydroxylation is 2. The highest BCUT2D eigenvalue weighted by atomic mass is 16.5. The molecule has 3 aromatic carbocycles. The first-order chi connectivity index (χ1) is 15.8. The van der Waals surface area contributed by atoms with Crippen LogP contribution in [0.1, 0.15) is 30.5 Å². The van der Waals surface area contributed by atoms with Crippen LogP contribution < -0.4 is 15.0 Å². The van der Waals surface area contributed by atoms with Crippen LogP contribution in [0.2, 0.25) is 0 Å². The lowest BCUT2D eigenvalue weighted by atomic mass is 10.0. The smallest absolute Gasteiger partial charge is 0.282 e. The number of benzene rings is 3. The SMILES string of the molecule is Cc1cccc(N2C(=O)C(Nc3ccccc3C)=C(c3ccc(OCC(C)C)cc3)C2=O)c1. The maximum absolute atomic E-state index is 13.6. The Morgan fingerprint density at radius 1 is 0.879 bits per heavy atom. The highest BCUT2D eigenvalue weighted by molar-refractivity contribution is 6.46. The van der Waals surface area contributed by atoms with Gasteiger partial charge in [0.1, 0.15) is 11.4 Å². The van der Waals surface area contributed by atoms with Crippen LogP contribution in [0.25, 0.3) is 5.57 Å². The van der Waals surface area contributed by atoms with Crippen molar-refractivity contribution < 1.29 is 14.3 Å². The highest BCUT2D eigenvalue weighted by Gasteiger charge is 2.40. The third kappa shape index (κ3) is 4.67. The summed E-state index contributed by atoms with van der Waals surface area (Å²) in [5.41, 5.74) is 4.58. The van der Waals surface area contributed by atoms with Crippen molar-refractivity contribution in [2.45, 2.75) is 27.7 Å². The zero-order valence-corrected chi connectivity index (χ0v) is 19.4. The van der Waals surface area contributed by atoms with Gasteiger partial charge in [-0.25, -0.2) is 4.90 Å². The minimum Gasteiger partial charge on any atom is -0.493 e. The molecule has 0 atom stereocenters. The van der Waals surface area contributed by atoms with Gasteiger partial charge in [-0.15, -0.1) is 0 Å². The van der Waals surface area contributed by atoms with Crippen LogP contribution in [0, 0.1) is 19.8 Å². The molecule has 3 aromatic rings. The Morgan fingerprint density at radius 3 is 2.27 bits per heavy atom. The Hall–Kier alpha value is -3.86. The highest BCUT2D eigenvalue weighted by Crippen LogP contribution is 2.35. The average molecular weight is 441 g/mol. The molecule has 0 unspecified atom stereocenters. The molecule has 2 amide bonds. The van der Waals surface area contributed by atoms with E-state index in [1.54, 1.807) is 6.07 Å². The van der Waals surface area contributed by atoms with Crippen molar-refractivity contribution in [1.29, 1.82) is 0 Å². The quantitative estimate of drug-likeness (QED) is 0.476. The number of carbonyl (C=O) groups excluding carboxylic acids is 2. The first kappa shape index (κ1) is 22.3. The largest absolute Gasteiger partial charge is 0.493 e. The molecule has 0 saturated carbocycles. The number of imide groups is 1. The predicted molar refractivity (Wildman–Crippen MR) is 132 cm³/mol. The first-order valence-electron chi connectivity index (χ1n) is 11.1. The predicted octanol–water partition coefficient (Wildman–Crippen LogP) is 5.73. The van der Waals surface area contributed by atoms with Gasteiger partial charge in [-0.3, -0.25) is 9.59 Å². The zero-order chi connectivity index (χ0) is 23.5. The number of carbonyl (C=O) groups is 2. The Bertz CT molecular complexity index is 1230. The molecule has 1 aliphatic heterocycles. The molecule has 0 bridgehead atoms. The molecule has 1 aliphatic rings. The Balaban J connectivity index is 1.76. The van der Waals surface area contributed by atoms with E-state index in [4.69, 9.17) is 4.74 Å². The molecule has 1 heterocycles. The Morgan fingerprint density at radius 2 is 1.61 bits per heavy atom. The van der Waals surface area contributed by atoms with Gasteiger partial charge >= 0.3 is 0 Å². The number of para-hydroxylation sites is 1. The second-order valence-corrected chi connectivity index (χ2v) is 8.70. The number of hydrogen-bond acceptors (Lipinski definition) is 4. The molecular weight excluding hydrogens is 412 g/mol. The molecule has 5 nitrogen and oxygen atoms in total. The Labute approximate surface area is 194 Å². The summed E-state index contributed by atoms with van der Waals surface area (Å²) in [6.45, 7) is 8.69. The van der Waals surface area contributed by atoms with E-state index < -0.39 is 0 Å². The van der Waals surface area contributed by atoms with E-state index in [0.717, 1.165) is 22.6 Å². The number of ether oxygens (including phenoxy) is 1. The molecule has 0 aromatic heterocycles. The van der Waals surface area contributed by atoms with E-state index in [-0.39, 0.29) is 17.5 Å². The summed E-state index contributed by atoms with van der Waals surface area (Å²) < 4.78 is 5.78. The number of rotatable bonds is 7. The number of nitrogens with one attached hydrogen (secondary N) is 1. The molecule has 4 rings (SSSR count). The monoisotopic (exact) mass is 440 g/mol. The lowest BCUT2D eigenvalue weighted by Crippen LogP contribution is -2.32. The number of anilines is 2. The summed E-state index contributed by atoms with van der Waals surface area (Å²) >= 11 is 0. The molecule has 33 heavy (non-hydrogen) atoms. The van der Waals surface area contributed by atoms with Crippen molar-refractivity contribution in [3.05, 3.63) is 95.2 Å². The third-order valence-electron chi connectivity index (χ3n) is 5.47. The lowest BCUT2D eigenvalue weighted by molar-refractivity contribution is -0.120. The maximum atomic E-state index is 13.6. The van der Waals surface area contributed by atoms with Gasteiger partial charge in [0.2, 0.25) is 0 Å². The third-order valence-corrected chi connectivity index (χ3v) is 5.47. The number of nitrogens with zero attached hydrogens (tertiary/aromatic N) is 1. The van der Waals surface area contributed by atoms with Crippen LogP contribution in [0.4, 0.5) is 11.4 Å². The van der Waals surface area contributed by atoms with E-state index in [1.165, 1.54) is 4.90 Å². The average Bonchev–Trinajstić information content (AvgIpc) is 3.03. The van der Waals surface area contributed by atoms with E-state index >= 15 is 0 Å². The van der Waals surface area contributed by atoms with Gasteiger partial charge < -0.3 is 10.1 Å². The fourth-order valence-electron chi connectivity index (χ4n) is 3.74. The second-order valence-electron chi connectivity index (χ2n) is 8.70. The molecule has 168 valence electrons. The molecule has 5 heteroatoms. The van der Waals surface area contributed by atoms with Gasteiger partial charge in [-0.2, -0.15) is 0 Å². The van der Waals surface area contributed by atoms with Crippen molar-refractivity contribution >= 4 is 28.8 Å². The molecule has 0 fully saturated rings. The van der Waals surface area contributed by atoms with Gasteiger partial charge in [0.25, 0.3) is 11.8 Å². The topological polar surface area (TPSA) is 58.6 Å². The van der Waals surface area contributed by atoms with Crippen LogP contribution in [-0.2, 0) is 9.59 Å². The van der Waals surface area contributed by atoms with Crippen LogP contribution in [-0.4, -0.2) is 18.4 Å². The number of hydrogen-bond donors (Lipinski definition) is 1. The van der Waals surface area contributed by atoms with Gasteiger partial charge in [0.05, 0.1) is 17.9 Å².